The van der Waals surface area contributed by atoms with E-state index in [1.165, 1.54) is 18.4 Å². The molecule has 0 aliphatic heterocycles. The second-order valence-electron chi connectivity index (χ2n) is 6.05. The maximum atomic E-state index is 12.8. The summed E-state index contributed by atoms with van der Waals surface area (Å²) in [5.74, 6) is 1.02. The molecule has 0 spiro atoms. The molecule has 3 rings (SSSR count). The maximum Gasteiger partial charge on any atom is 0.318 e. The van der Waals surface area contributed by atoms with Gasteiger partial charge in [0, 0.05) is 12.6 Å². The summed E-state index contributed by atoms with van der Waals surface area (Å²) < 4.78 is 5.15. The molecule has 1 fully saturated rings. The van der Waals surface area contributed by atoms with Gasteiger partial charge in [0.25, 0.3) is 0 Å². The third-order valence-corrected chi connectivity index (χ3v) is 4.95. The third kappa shape index (κ3) is 3.90. The summed E-state index contributed by atoms with van der Waals surface area (Å²) >= 11 is 1.66. The molecule has 7 heteroatoms. The van der Waals surface area contributed by atoms with Gasteiger partial charge in [-0.05, 0) is 49.1 Å². The average Bonchev–Trinajstić information content (AvgIpc) is 3.27. The topological polar surface area (TPSA) is 71.3 Å². The molecule has 0 unspecified atom stereocenters. The summed E-state index contributed by atoms with van der Waals surface area (Å²) in [5, 5.41) is 10.9. The van der Waals surface area contributed by atoms with Crippen molar-refractivity contribution in [2.45, 2.75) is 58.2 Å². The predicted molar refractivity (Wildman–Crippen MR) is 88.1 cm³/mol. The smallest absolute Gasteiger partial charge is 0.318 e. The normalized spacial score (nSPS) is 16.4. The number of aromatic nitrogens is 2. The van der Waals surface area contributed by atoms with Crippen LogP contribution in [0.4, 0.5) is 4.79 Å². The van der Waals surface area contributed by atoms with Gasteiger partial charge in [-0.1, -0.05) is 18.0 Å². The lowest BCUT2D eigenvalue weighted by Gasteiger charge is -2.29. The van der Waals surface area contributed by atoms with Gasteiger partial charge in [-0.25, -0.2) is 4.79 Å². The molecule has 2 aromatic heterocycles. The molecule has 2 heterocycles. The van der Waals surface area contributed by atoms with Crippen LogP contribution in [0, 0.1) is 6.92 Å². The maximum absolute atomic E-state index is 12.8. The highest BCUT2D eigenvalue weighted by Crippen LogP contribution is 2.26. The number of hydrogen-bond acceptors (Lipinski definition) is 5. The molecule has 0 radical (unpaired) electrons. The van der Waals surface area contributed by atoms with Gasteiger partial charge in [0.05, 0.1) is 0 Å². The standard InChI is InChI=1S/C16H22N4O2S/c1-11(15-18-12(2)19-22-15)17-16(21)20(14-5-3-4-6-14)9-13-7-8-23-10-13/h7-8,10-11,14H,3-6,9H2,1-2H3,(H,17,21)/t11-/m1/s1. The first kappa shape index (κ1) is 16.0. The third-order valence-electron chi connectivity index (χ3n) is 4.21. The van der Waals surface area contributed by atoms with Crippen LogP contribution in [0.25, 0.3) is 0 Å². The van der Waals surface area contributed by atoms with E-state index in [2.05, 4.69) is 26.9 Å². The Kier molecular flexibility index (Phi) is 4.95. The van der Waals surface area contributed by atoms with Crippen molar-refractivity contribution >= 4 is 17.4 Å². The summed E-state index contributed by atoms with van der Waals surface area (Å²) in [6.07, 6.45) is 4.53. The second-order valence-corrected chi connectivity index (χ2v) is 6.83. The number of thiophene rings is 1. The lowest BCUT2D eigenvalue weighted by Crippen LogP contribution is -2.45. The summed E-state index contributed by atoms with van der Waals surface area (Å²) in [5.41, 5.74) is 1.18. The fraction of sp³-hybridized carbons (Fsp3) is 0.562. The molecular formula is C16H22N4O2S. The van der Waals surface area contributed by atoms with Crippen molar-refractivity contribution in [1.29, 1.82) is 0 Å². The number of nitrogens with zero attached hydrogens (tertiary/aromatic N) is 3. The lowest BCUT2D eigenvalue weighted by molar-refractivity contribution is 0.166. The van der Waals surface area contributed by atoms with Crippen molar-refractivity contribution in [3.8, 4) is 0 Å². The Labute approximate surface area is 139 Å². The van der Waals surface area contributed by atoms with E-state index in [4.69, 9.17) is 4.52 Å². The molecule has 1 aliphatic carbocycles. The number of carbonyl (C=O) groups excluding carboxylic acids is 1. The van der Waals surface area contributed by atoms with Gasteiger partial charge in [-0.15, -0.1) is 0 Å². The Bertz CT molecular complexity index is 634. The highest BCUT2D eigenvalue weighted by molar-refractivity contribution is 7.07. The van der Waals surface area contributed by atoms with Crippen LogP contribution >= 0.6 is 11.3 Å². The molecule has 1 atom stereocenters. The molecule has 23 heavy (non-hydrogen) atoms. The van der Waals surface area contributed by atoms with Crippen molar-refractivity contribution in [2.24, 2.45) is 0 Å². The van der Waals surface area contributed by atoms with Crippen LogP contribution in [0.2, 0.25) is 0 Å². The van der Waals surface area contributed by atoms with Gasteiger partial charge in [0.2, 0.25) is 5.89 Å². The number of urea groups is 1. The average molecular weight is 334 g/mol. The first-order valence-electron chi connectivity index (χ1n) is 8.02. The zero-order valence-corrected chi connectivity index (χ0v) is 14.3. The SMILES string of the molecule is Cc1noc([C@@H](C)NC(=O)N(Cc2ccsc2)C2CCCC2)n1. The summed E-state index contributed by atoms with van der Waals surface area (Å²) in [4.78, 5) is 18.9. The van der Waals surface area contributed by atoms with Gasteiger partial charge >= 0.3 is 6.03 Å². The Morgan fingerprint density at radius 2 is 2.30 bits per heavy atom. The van der Waals surface area contributed by atoms with E-state index in [-0.39, 0.29) is 12.1 Å². The van der Waals surface area contributed by atoms with Crippen LogP contribution in [-0.2, 0) is 6.54 Å². The molecular weight excluding hydrogens is 312 g/mol. The Balaban J connectivity index is 1.69. The summed E-state index contributed by atoms with van der Waals surface area (Å²) in [6.45, 7) is 4.28. The summed E-state index contributed by atoms with van der Waals surface area (Å²) in [6, 6.07) is 2.03. The zero-order chi connectivity index (χ0) is 16.2. The second kappa shape index (κ2) is 7.12. The van der Waals surface area contributed by atoms with Crippen molar-refractivity contribution in [2.75, 3.05) is 0 Å². The van der Waals surface area contributed by atoms with Crippen LogP contribution < -0.4 is 5.32 Å². The largest absolute Gasteiger partial charge is 0.337 e. The van der Waals surface area contributed by atoms with Crippen molar-refractivity contribution in [3.05, 3.63) is 34.1 Å². The Morgan fingerprint density at radius 1 is 1.52 bits per heavy atom. The van der Waals surface area contributed by atoms with Gasteiger partial charge < -0.3 is 14.7 Å². The molecule has 0 bridgehead atoms. The number of nitrogens with one attached hydrogen (secondary N) is 1. The number of carbonyl (C=O) groups is 1. The molecule has 2 amide bonds. The zero-order valence-electron chi connectivity index (χ0n) is 13.5. The first-order valence-corrected chi connectivity index (χ1v) is 8.96. The lowest BCUT2D eigenvalue weighted by atomic mass is 10.2. The van der Waals surface area contributed by atoms with Gasteiger partial charge in [0.15, 0.2) is 5.82 Å². The van der Waals surface area contributed by atoms with Crippen LogP contribution in [-0.4, -0.2) is 27.1 Å². The van der Waals surface area contributed by atoms with Crippen LogP contribution in [0.1, 0.15) is 55.9 Å². The van der Waals surface area contributed by atoms with E-state index >= 15 is 0 Å². The van der Waals surface area contributed by atoms with Crippen molar-refractivity contribution in [1.82, 2.24) is 20.4 Å². The molecule has 2 aromatic rings. The van der Waals surface area contributed by atoms with E-state index in [1.807, 2.05) is 17.2 Å². The van der Waals surface area contributed by atoms with E-state index < -0.39 is 0 Å². The fourth-order valence-electron chi connectivity index (χ4n) is 2.98. The minimum Gasteiger partial charge on any atom is -0.337 e. The van der Waals surface area contributed by atoms with Gasteiger partial charge in [0.1, 0.15) is 6.04 Å². The molecule has 124 valence electrons. The van der Waals surface area contributed by atoms with Crippen LogP contribution in [0.15, 0.2) is 21.3 Å². The number of amides is 2. The predicted octanol–water partition coefficient (Wildman–Crippen LogP) is 3.65. The molecule has 0 aromatic carbocycles. The number of rotatable bonds is 5. The van der Waals surface area contributed by atoms with Crippen molar-refractivity contribution < 1.29 is 9.32 Å². The molecule has 1 N–H and O–H groups in total. The highest BCUT2D eigenvalue weighted by Gasteiger charge is 2.28. The van der Waals surface area contributed by atoms with Crippen LogP contribution in [0.5, 0.6) is 0 Å². The Hall–Kier alpha value is -1.89. The van der Waals surface area contributed by atoms with Gasteiger partial charge in [-0.2, -0.15) is 16.3 Å². The minimum atomic E-state index is -0.296. The highest BCUT2D eigenvalue weighted by atomic mass is 32.1. The van der Waals surface area contributed by atoms with E-state index in [0.29, 0.717) is 24.3 Å². The van der Waals surface area contributed by atoms with E-state index in [0.717, 1.165) is 12.8 Å². The fourth-order valence-corrected chi connectivity index (χ4v) is 3.64. The number of hydrogen-bond donors (Lipinski definition) is 1. The Morgan fingerprint density at radius 3 is 2.91 bits per heavy atom. The first-order chi connectivity index (χ1) is 11.1. The molecule has 1 aliphatic rings. The van der Waals surface area contributed by atoms with E-state index in [1.54, 1.807) is 18.3 Å². The van der Waals surface area contributed by atoms with Crippen molar-refractivity contribution in [3.63, 3.8) is 0 Å². The molecule has 1 saturated carbocycles. The van der Waals surface area contributed by atoms with Crippen LogP contribution in [0.3, 0.4) is 0 Å². The van der Waals surface area contributed by atoms with E-state index in [9.17, 15) is 4.79 Å². The number of aryl methyl sites for hydroxylation is 1. The summed E-state index contributed by atoms with van der Waals surface area (Å²) in [7, 11) is 0. The monoisotopic (exact) mass is 334 g/mol. The van der Waals surface area contributed by atoms with Gasteiger partial charge in [-0.3, -0.25) is 0 Å². The quantitative estimate of drug-likeness (QED) is 0.906. The molecule has 6 nitrogen and oxygen atoms in total. The minimum absolute atomic E-state index is 0.0635. The molecule has 0 saturated heterocycles.